The van der Waals surface area contributed by atoms with Crippen molar-refractivity contribution < 1.29 is 5.11 Å². The van der Waals surface area contributed by atoms with Crippen molar-refractivity contribution in [3.05, 3.63) is 24.5 Å². The van der Waals surface area contributed by atoms with Crippen molar-refractivity contribution in [3.63, 3.8) is 0 Å². The zero-order chi connectivity index (χ0) is 11.1. The van der Waals surface area contributed by atoms with Gasteiger partial charge < -0.3 is 10.8 Å². The predicted molar refractivity (Wildman–Crippen MR) is 60.2 cm³/mol. The minimum Gasteiger partial charge on any atom is -0.506 e. The first kappa shape index (κ1) is 9.10. The number of hydrogen-bond donors (Lipinski definition) is 2. The van der Waals surface area contributed by atoms with Crippen LogP contribution < -0.4 is 5.73 Å². The Hall–Kier alpha value is -2.15. The van der Waals surface area contributed by atoms with Gasteiger partial charge in [0.25, 0.3) is 0 Å². The first-order valence-corrected chi connectivity index (χ1v) is 5.31. The number of phenols is 1. The monoisotopic (exact) mass is 233 g/mol. The minimum absolute atomic E-state index is 0.0588. The fraction of sp³-hybridized carbons (Fsp3) is 0. The number of fused-ring (bicyclic) bond motifs is 1. The molecule has 1 aromatic carbocycles. The van der Waals surface area contributed by atoms with E-state index in [4.69, 9.17) is 5.73 Å². The van der Waals surface area contributed by atoms with Crippen LogP contribution in [0.5, 0.6) is 5.75 Å². The van der Waals surface area contributed by atoms with Crippen LogP contribution in [0.15, 0.2) is 24.5 Å². The Morgan fingerprint density at radius 3 is 3.00 bits per heavy atom. The number of hydrogen-bond acceptors (Lipinski definition) is 6. The predicted octanol–water partition coefficient (Wildman–Crippen LogP) is 1.14. The quantitative estimate of drug-likeness (QED) is 0.486. The fourth-order valence-electron chi connectivity index (χ4n) is 1.35. The molecule has 0 spiro atoms. The van der Waals surface area contributed by atoms with Crippen molar-refractivity contribution in [1.82, 2.24) is 19.8 Å². The van der Waals surface area contributed by atoms with Crippen LogP contribution in [0.2, 0.25) is 0 Å². The SMILES string of the molecule is Nc1ccc(-c2nn3cnnc3s2)cc1O. The molecule has 0 saturated carbocycles. The smallest absolute Gasteiger partial charge is 0.234 e. The molecule has 0 bridgehead atoms. The maximum absolute atomic E-state index is 9.50. The molecule has 0 unspecified atom stereocenters. The van der Waals surface area contributed by atoms with E-state index in [9.17, 15) is 5.11 Å². The maximum Gasteiger partial charge on any atom is 0.234 e. The van der Waals surface area contributed by atoms with Crippen LogP contribution in [0.4, 0.5) is 5.69 Å². The molecule has 0 aliphatic rings. The van der Waals surface area contributed by atoms with Gasteiger partial charge in [0.05, 0.1) is 5.69 Å². The molecule has 0 atom stereocenters. The molecule has 0 aliphatic heterocycles. The Morgan fingerprint density at radius 1 is 1.38 bits per heavy atom. The van der Waals surface area contributed by atoms with E-state index in [1.807, 2.05) is 0 Å². The van der Waals surface area contributed by atoms with Crippen LogP contribution in [0.3, 0.4) is 0 Å². The van der Waals surface area contributed by atoms with Gasteiger partial charge in [-0.15, -0.1) is 10.2 Å². The van der Waals surface area contributed by atoms with Gasteiger partial charge in [0, 0.05) is 5.56 Å². The van der Waals surface area contributed by atoms with E-state index < -0.39 is 0 Å². The van der Waals surface area contributed by atoms with Crippen LogP contribution in [-0.4, -0.2) is 24.9 Å². The van der Waals surface area contributed by atoms with E-state index in [1.165, 1.54) is 17.7 Å². The minimum atomic E-state index is 0.0588. The molecule has 3 rings (SSSR count). The number of nitrogens with zero attached hydrogens (tertiary/aromatic N) is 4. The Kier molecular flexibility index (Phi) is 1.80. The van der Waals surface area contributed by atoms with Crippen LogP contribution in [0.25, 0.3) is 15.5 Å². The van der Waals surface area contributed by atoms with Crippen molar-refractivity contribution >= 4 is 22.0 Å². The van der Waals surface area contributed by atoms with Gasteiger partial charge in [0.15, 0.2) is 0 Å². The van der Waals surface area contributed by atoms with E-state index >= 15 is 0 Å². The second-order valence-electron chi connectivity index (χ2n) is 3.24. The van der Waals surface area contributed by atoms with Crippen LogP contribution >= 0.6 is 11.3 Å². The van der Waals surface area contributed by atoms with Crippen LogP contribution in [0, 0.1) is 0 Å². The summed E-state index contributed by atoms with van der Waals surface area (Å²) in [7, 11) is 0. The van der Waals surface area contributed by atoms with Gasteiger partial charge in [-0.25, -0.2) is 0 Å². The van der Waals surface area contributed by atoms with Crippen LogP contribution in [0.1, 0.15) is 0 Å². The summed E-state index contributed by atoms with van der Waals surface area (Å²) < 4.78 is 1.59. The fourth-order valence-corrected chi connectivity index (χ4v) is 2.17. The third kappa shape index (κ3) is 1.29. The number of aromatic nitrogens is 4. The van der Waals surface area contributed by atoms with E-state index in [0.717, 1.165) is 10.6 Å². The highest BCUT2D eigenvalue weighted by atomic mass is 32.1. The Bertz CT molecular complexity index is 630. The number of aromatic hydroxyl groups is 1. The molecule has 6 nitrogen and oxygen atoms in total. The molecule has 0 fully saturated rings. The molecule has 3 aromatic rings. The molecular weight excluding hydrogens is 226 g/mol. The van der Waals surface area contributed by atoms with Gasteiger partial charge in [0.2, 0.25) is 4.96 Å². The molecule has 3 N–H and O–H groups in total. The second-order valence-corrected chi connectivity index (χ2v) is 4.19. The second kappa shape index (κ2) is 3.17. The van der Waals surface area contributed by atoms with Crippen molar-refractivity contribution in [1.29, 1.82) is 0 Å². The Labute approximate surface area is 94.0 Å². The molecule has 80 valence electrons. The van der Waals surface area contributed by atoms with Gasteiger partial charge in [0.1, 0.15) is 17.1 Å². The largest absolute Gasteiger partial charge is 0.506 e. The van der Waals surface area contributed by atoms with Gasteiger partial charge >= 0.3 is 0 Å². The van der Waals surface area contributed by atoms with E-state index in [2.05, 4.69) is 15.3 Å². The third-order valence-corrected chi connectivity index (χ3v) is 3.13. The number of benzene rings is 1. The molecule has 0 amide bonds. The summed E-state index contributed by atoms with van der Waals surface area (Å²) in [6.07, 6.45) is 1.53. The summed E-state index contributed by atoms with van der Waals surface area (Å²) >= 11 is 1.40. The van der Waals surface area contributed by atoms with E-state index in [-0.39, 0.29) is 5.75 Å². The number of nitrogen functional groups attached to an aromatic ring is 1. The summed E-state index contributed by atoms with van der Waals surface area (Å²) in [6.45, 7) is 0. The van der Waals surface area contributed by atoms with Gasteiger partial charge in [-0.2, -0.15) is 9.61 Å². The lowest BCUT2D eigenvalue weighted by molar-refractivity contribution is 0.478. The first-order chi connectivity index (χ1) is 7.74. The normalized spacial score (nSPS) is 11.0. The molecule has 2 aromatic heterocycles. The number of nitrogens with two attached hydrogens (primary N) is 1. The summed E-state index contributed by atoms with van der Waals surface area (Å²) in [6, 6.07) is 5.04. The third-order valence-electron chi connectivity index (χ3n) is 2.16. The molecule has 0 aliphatic carbocycles. The molecule has 2 heterocycles. The maximum atomic E-state index is 9.50. The molecule has 7 heteroatoms. The van der Waals surface area contributed by atoms with Gasteiger partial charge in [-0.1, -0.05) is 11.3 Å². The molecule has 16 heavy (non-hydrogen) atoms. The zero-order valence-corrected chi connectivity index (χ0v) is 8.85. The molecule has 0 saturated heterocycles. The summed E-state index contributed by atoms with van der Waals surface area (Å²) in [4.78, 5) is 0.714. The number of phenolic OH excluding ortho intramolecular Hbond substituents is 1. The highest BCUT2D eigenvalue weighted by molar-refractivity contribution is 7.19. The average molecular weight is 233 g/mol. The lowest BCUT2D eigenvalue weighted by Gasteiger charge is -1.99. The Balaban J connectivity index is 2.15. The van der Waals surface area contributed by atoms with Crippen molar-refractivity contribution in [2.45, 2.75) is 0 Å². The first-order valence-electron chi connectivity index (χ1n) is 4.50. The standard InChI is InChI=1S/C9H7N5OS/c10-6-2-1-5(3-7(6)15)8-13-14-4-11-12-9(14)16-8/h1-4,15H,10H2. The zero-order valence-electron chi connectivity index (χ0n) is 8.03. The number of rotatable bonds is 1. The lowest BCUT2D eigenvalue weighted by atomic mass is 10.2. The molecular formula is C9H7N5OS. The summed E-state index contributed by atoms with van der Waals surface area (Å²) in [5.41, 5.74) is 6.69. The van der Waals surface area contributed by atoms with Crippen molar-refractivity contribution in [2.24, 2.45) is 0 Å². The van der Waals surface area contributed by atoms with E-state index in [1.54, 1.807) is 22.7 Å². The molecule has 0 radical (unpaired) electrons. The van der Waals surface area contributed by atoms with Crippen molar-refractivity contribution in [2.75, 3.05) is 5.73 Å². The Morgan fingerprint density at radius 2 is 2.25 bits per heavy atom. The van der Waals surface area contributed by atoms with Gasteiger partial charge in [-0.05, 0) is 18.2 Å². The lowest BCUT2D eigenvalue weighted by Crippen LogP contribution is -1.86. The average Bonchev–Trinajstić information content (AvgIpc) is 2.81. The number of anilines is 1. The highest BCUT2D eigenvalue weighted by Gasteiger charge is 2.08. The van der Waals surface area contributed by atoms with Crippen LogP contribution in [-0.2, 0) is 0 Å². The topological polar surface area (TPSA) is 89.3 Å². The van der Waals surface area contributed by atoms with Crippen molar-refractivity contribution in [3.8, 4) is 16.3 Å². The summed E-state index contributed by atoms with van der Waals surface area (Å²) in [5, 5.41) is 22.1. The van der Waals surface area contributed by atoms with E-state index in [0.29, 0.717) is 10.6 Å². The highest BCUT2D eigenvalue weighted by Crippen LogP contribution is 2.30. The summed E-state index contributed by atoms with van der Waals surface area (Å²) in [5.74, 6) is 0.0588. The van der Waals surface area contributed by atoms with Gasteiger partial charge in [-0.3, -0.25) is 0 Å².